The van der Waals surface area contributed by atoms with Gasteiger partial charge in [0.15, 0.2) is 0 Å². The molecule has 1 atom stereocenters. The van der Waals surface area contributed by atoms with E-state index in [2.05, 4.69) is 24.4 Å². The molecular formula is C18H23NO2. The molecule has 0 aromatic heterocycles. The van der Waals surface area contributed by atoms with E-state index in [1.165, 1.54) is 11.1 Å². The van der Waals surface area contributed by atoms with E-state index < -0.39 is 6.10 Å². The molecule has 0 aliphatic carbocycles. The van der Waals surface area contributed by atoms with Crippen molar-refractivity contribution in [3.63, 3.8) is 0 Å². The molecule has 0 saturated carbocycles. The summed E-state index contributed by atoms with van der Waals surface area (Å²) in [5, 5.41) is 13.4. The molecule has 2 N–H and O–H groups in total. The number of hydrogen-bond donors (Lipinski definition) is 2. The third-order valence-electron chi connectivity index (χ3n) is 3.60. The SMILES string of the molecule is CCc1ccc(C(O)CNCc2ccc(OC)cc2)cc1. The Hall–Kier alpha value is -1.84. The van der Waals surface area contributed by atoms with Crippen LogP contribution in [-0.2, 0) is 13.0 Å². The predicted octanol–water partition coefficient (Wildman–Crippen LogP) is 3.08. The highest BCUT2D eigenvalue weighted by molar-refractivity contribution is 5.27. The summed E-state index contributed by atoms with van der Waals surface area (Å²) in [6.07, 6.45) is 0.542. The average Bonchev–Trinajstić information content (AvgIpc) is 2.55. The normalized spacial score (nSPS) is 12.1. The number of aryl methyl sites for hydroxylation is 1. The number of aliphatic hydroxyl groups excluding tert-OH is 1. The van der Waals surface area contributed by atoms with Crippen LogP contribution in [0.3, 0.4) is 0 Å². The van der Waals surface area contributed by atoms with Gasteiger partial charge in [0.05, 0.1) is 13.2 Å². The number of ether oxygens (including phenoxy) is 1. The number of nitrogens with one attached hydrogen (secondary N) is 1. The molecule has 1 unspecified atom stereocenters. The van der Waals surface area contributed by atoms with Crippen LogP contribution in [0.15, 0.2) is 48.5 Å². The monoisotopic (exact) mass is 285 g/mol. The maximum absolute atomic E-state index is 10.2. The first-order chi connectivity index (χ1) is 10.2. The Bertz CT molecular complexity index is 534. The summed E-state index contributed by atoms with van der Waals surface area (Å²) < 4.78 is 5.13. The van der Waals surface area contributed by atoms with Gasteiger partial charge in [0.1, 0.15) is 5.75 Å². The first kappa shape index (κ1) is 15.5. The molecule has 0 aliphatic heterocycles. The van der Waals surface area contributed by atoms with Gasteiger partial charge in [-0.05, 0) is 35.2 Å². The summed E-state index contributed by atoms with van der Waals surface area (Å²) in [5.74, 6) is 0.856. The van der Waals surface area contributed by atoms with Crippen molar-refractivity contribution in [3.8, 4) is 5.75 Å². The number of rotatable bonds is 7. The largest absolute Gasteiger partial charge is 0.497 e. The van der Waals surface area contributed by atoms with Crippen molar-refractivity contribution in [2.45, 2.75) is 26.0 Å². The van der Waals surface area contributed by atoms with Crippen molar-refractivity contribution in [2.75, 3.05) is 13.7 Å². The topological polar surface area (TPSA) is 41.5 Å². The summed E-state index contributed by atoms with van der Waals surface area (Å²) >= 11 is 0. The van der Waals surface area contributed by atoms with E-state index in [1.807, 2.05) is 36.4 Å². The summed E-state index contributed by atoms with van der Waals surface area (Å²) in [5.41, 5.74) is 3.41. The summed E-state index contributed by atoms with van der Waals surface area (Å²) in [4.78, 5) is 0. The van der Waals surface area contributed by atoms with Crippen molar-refractivity contribution in [1.29, 1.82) is 0 Å². The van der Waals surface area contributed by atoms with Crippen LogP contribution in [-0.4, -0.2) is 18.8 Å². The fraction of sp³-hybridized carbons (Fsp3) is 0.333. The second kappa shape index (κ2) is 7.81. The second-order valence-corrected chi connectivity index (χ2v) is 5.09. The molecule has 0 bridgehead atoms. The molecule has 112 valence electrons. The number of aliphatic hydroxyl groups is 1. The number of hydrogen-bond acceptors (Lipinski definition) is 3. The van der Waals surface area contributed by atoms with Crippen LogP contribution in [0.4, 0.5) is 0 Å². The van der Waals surface area contributed by atoms with Gasteiger partial charge in [-0.1, -0.05) is 43.3 Å². The summed E-state index contributed by atoms with van der Waals surface area (Å²) in [7, 11) is 1.66. The van der Waals surface area contributed by atoms with Gasteiger partial charge >= 0.3 is 0 Å². The first-order valence-corrected chi connectivity index (χ1v) is 7.33. The van der Waals surface area contributed by atoms with Gasteiger partial charge in [-0.25, -0.2) is 0 Å². The minimum Gasteiger partial charge on any atom is -0.497 e. The van der Waals surface area contributed by atoms with Gasteiger partial charge in [-0.15, -0.1) is 0 Å². The molecule has 3 heteroatoms. The Kier molecular flexibility index (Phi) is 5.78. The van der Waals surface area contributed by atoms with E-state index in [-0.39, 0.29) is 0 Å². The fourth-order valence-corrected chi connectivity index (χ4v) is 2.19. The molecule has 0 amide bonds. The smallest absolute Gasteiger partial charge is 0.118 e. The fourth-order valence-electron chi connectivity index (χ4n) is 2.19. The Morgan fingerprint density at radius 3 is 2.19 bits per heavy atom. The maximum Gasteiger partial charge on any atom is 0.118 e. The molecule has 0 spiro atoms. The molecule has 0 fully saturated rings. The van der Waals surface area contributed by atoms with Gasteiger partial charge in [0.2, 0.25) is 0 Å². The first-order valence-electron chi connectivity index (χ1n) is 7.33. The van der Waals surface area contributed by atoms with Crippen molar-refractivity contribution in [1.82, 2.24) is 5.32 Å². The Balaban J connectivity index is 1.81. The van der Waals surface area contributed by atoms with Gasteiger partial charge in [0.25, 0.3) is 0 Å². The lowest BCUT2D eigenvalue weighted by atomic mass is 10.1. The highest BCUT2D eigenvalue weighted by atomic mass is 16.5. The second-order valence-electron chi connectivity index (χ2n) is 5.09. The van der Waals surface area contributed by atoms with E-state index in [0.29, 0.717) is 6.54 Å². The van der Waals surface area contributed by atoms with Crippen molar-refractivity contribution < 1.29 is 9.84 Å². The molecule has 21 heavy (non-hydrogen) atoms. The zero-order valence-electron chi connectivity index (χ0n) is 12.7. The maximum atomic E-state index is 10.2. The molecule has 0 radical (unpaired) electrons. The Labute approximate surface area is 126 Å². The molecular weight excluding hydrogens is 262 g/mol. The Morgan fingerprint density at radius 1 is 1.00 bits per heavy atom. The van der Waals surface area contributed by atoms with Gasteiger partial charge in [-0.2, -0.15) is 0 Å². The van der Waals surface area contributed by atoms with Gasteiger partial charge < -0.3 is 15.2 Å². The summed E-state index contributed by atoms with van der Waals surface area (Å²) in [6, 6.07) is 16.1. The van der Waals surface area contributed by atoms with Crippen LogP contribution in [0.1, 0.15) is 29.7 Å². The molecule has 2 aromatic carbocycles. The van der Waals surface area contributed by atoms with E-state index >= 15 is 0 Å². The van der Waals surface area contributed by atoms with Crippen molar-refractivity contribution >= 4 is 0 Å². The number of methoxy groups -OCH3 is 1. The van der Waals surface area contributed by atoms with Crippen molar-refractivity contribution in [2.24, 2.45) is 0 Å². The van der Waals surface area contributed by atoms with Crippen LogP contribution < -0.4 is 10.1 Å². The lowest BCUT2D eigenvalue weighted by molar-refractivity contribution is 0.174. The Morgan fingerprint density at radius 2 is 1.62 bits per heavy atom. The van der Waals surface area contributed by atoms with Gasteiger partial charge in [0, 0.05) is 13.1 Å². The van der Waals surface area contributed by atoms with E-state index in [0.717, 1.165) is 24.3 Å². The molecule has 2 aromatic rings. The zero-order chi connectivity index (χ0) is 15.1. The van der Waals surface area contributed by atoms with E-state index in [4.69, 9.17) is 4.74 Å². The quantitative estimate of drug-likeness (QED) is 0.821. The number of benzene rings is 2. The van der Waals surface area contributed by atoms with Crippen molar-refractivity contribution in [3.05, 3.63) is 65.2 Å². The lowest BCUT2D eigenvalue weighted by Crippen LogP contribution is -2.21. The lowest BCUT2D eigenvalue weighted by Gasteiger charge is -2.13. The van der Waals surface area contributed by atoms with E-state index in [9.17, 15) is 5.11 Å². The molecule has 0 saturated heterocycles. The average molecular weight is 285 g/mol. The minimum absolute atomic E-state index is 0.478. The third kappa shape index (κ3) is 4.59. The highest BCUT2D eigenvalue weighted by Gasteiger charge is 2.06. The van der Waals surface area contributed by atoms with Gasteiger partial charge in [-0.3, -0.25) is 0 Å². The highest BCUT2D eigenvalue weighted by Crippen LogP contribution is 2.14. The molecule has 2 rings (SSSR count). The van der Waals surface area contributed by atoms with Crippen LogP contribution >= 0.6 is 0 Å². The van der Waals surface area contributed by atoms with E-state index in [1.54, 1.807) is 7.11 Å². The third-order valence-corrected chi connectivity index (χ3v) is 3.60. The minimum atomic E-state index is -0.478. The molecule has 0 heterocycles. The molecule has 3 nitrogen and oxygen atoms in total. The van der Waals surface area contributed by atoms with Crippen LogP contribution in [0.2, 0.25) is 0 Å². The van der Waals surface area contributed by atoms with Crippen LogP contribution in [0, 0.1) is 0 Å². The van der Waals surface area contributed by atoms with Crippen LogP contribution in [0.25, 0.3) is 0 Å². The predicted molar refractivity (Wildman–Crippen MR) is 85.5 cm³/mol. The zero-order valence-corrected chi connectivity index (χ0v) is 12.7. The van der Waals surface area contributed by atoms with Crippen LogP contribution in [0.5, 0.6) is 5.75 Å². The summed E-state index contributed by atoms with van der Waals surface area (Å²) in [6.45, 7) is 3.40. The molecule has 0 aliphatic rings. The standard InChI is InChI=1S/C18H23NO2/c1-3-14-4-8-16(9-5-14)18(20)13-19-12-15-6-10-17(21-2)11-7-15/h4-11,18-20H,3,12-13H2,1-2H3.